The van der Waals surface area contributed by atoms with Crippen LogP contribution in [0.4, 0.5) is 0 Å². The van der Waals surface area contributed by atoms with Crippen LogP contribution in [0.2, 0.25) is 0 Å². The third-order valence-corrected chi connectivity index (χ3v) is 2.94. The Morgan fingerprint density at radius 3 is 2.56 bits per heavy atom. The van der Waals surface area contributed by atoms with Crippen molar-refractivity contribution in [2.24, 2.45) is 0 Å². The molecule has 0 aliphatic carbocycles. The minimum absolute atomic E-state index is 0.219. The molecule has 0 unspecified atom stereocenters. The second kappa shape index (κ2) is 7.03. The van der Waals surface area contributed by atoms with E-state index in [-0.39, 0.29) is 18.3 Å². The summed E-state index contributed by atoms with van der Waals surface area (Å²) in [5.74, 6) is 0.0109. The van der Waals surface area contributed by atoms with Gasteiger partial charge in [0.2, 0.25) is 0 Å². The maximum atomic E-state index is 11.4. The van der Waals surface area contributed by atoms with E-state index in [4.69, 9.17) is 21.6 Å². The third kappa shape index (κ3) is 3.48. The molecule has 0 radical (unpaired) electrons. The number of carbonyl (C=O) groups is 1. The first-order valence-corrected chi connectivity index (χ1v) is 6.46. The quantitative estimate of drug-likeness (QED) is 0.607. The van der Waals surface area contributed by atoms with Gasteiger partial charge in [0, 0.05) is 5.88 Å². The summed E-state index contributed by atoms with van der Waals surface area (Å²) in [6.07, 6.45) is 0.958. The van der Waals surface area contributed by atoms with Crippen LogP contribution >= 0.6 is 11.6 Å². The average molecular weight is 266 g/mol. The van der Waals surface area contributed by atoms with Crippen molar-refractivity contribution < 1.29 is 9.53 Å². The van der Waals surface area contributed by atoms with Crippen LogP contribution in [0.3, 0.4) is 0 Å². The molecule has 1 aromatic rings. The standard InChI is InChI=1S/C14H16ClNO2/c1-3-11-5-10(7-14(17)18-4-2)6-12(8-15)13(11)9-16/h5-6H,3-4,7-8H2,1-2H3. The van der Waals surface area contributed by atoms with E-state index < -0.39 is 0 Å². The largest absolute Gasteiger partial charge is 0.466 e. The number of esters is 1. The van der Waals surface area contributed by atoms with Gasteiger partial charge in [0.15, 0.2) is 0 Å². The van der Waals surface area contributed by atoms with Crippen LogP contribution < -0.4 is 0 Å². The molecule has 0 heterocycles. The van der Waals surface area contributed by atoms with Crippen LogP contribution in [0.1, 0.15) is 36.1 Å². The lowest BCUT2D eigenvalue weighted by atomic mass is 9.96. The molecule has 0 aliphatic rings. The van der Waals surface area contributed by atoms with E-state index in [0.29, 0.717) is 12.2 Å². The molecule has 4 heteroatoms. The van der Waals surface area contributed by atoms with Gasteiger partial charge in [0.25, 0.3) is 0 Å². The summed E-state index contributed by atoms with van der Waals surface area (Å²) in [6.45, 7) is 4.12. The monoisotopic (exact) mass is 265 g/mol. The predicted octanol–water partition coefficient (Wildman–Crippen LogP) is 2.97. The molecule has 0 saturated carbocycles. The van der Waals surface area contributed by atoms with E-state index in [2.05, 4.69) is 6.07 Å². The lowest BCUT2D eigenvalue weighted by molar-refractivity contribution is -0.142. The number of alkyl halides is 1. The summed E-state index contributed by atoms with van der Waals surface area (Å²) in [7, 11) is 0. The molecule has 1 rings (SSSR count). The highest BCUT2D eigenvalue weighted by atomic mass is 35.5. The third-order valence-electron chi connectivity index (χ3n) is 2.65. The lowest BCUT2D eigenvalue weighted by Gasteiger charge is -2.10. The van der Waals surface area contributed by atoms with Crippen molar-refractivity contribution in [1.82, 2.24) is 0 Å². The zero-order valence-electron chi connectivity index (χ0n) is 10.6. The van der Waals surface area contributed by atoms with E-state index in [1.807, 2.05) is 19.1 Å². The number of ether oxygens (including phenoxy) is 1. The molecular weight excluding hydrogens is 250 g/mol. The minimum Gasteiger partial charge on any atom is -0.466 e. The van der Waals surface area contributed by atoms with Gasteiger partial charge in [0.05, 0.1) is 24.7 Å². The van der Waals surface area contributed by atoms with Crippen LogP contribution in [-0.4, -0.2) is 12.6 Å². The summed E-state index contributed by atoms with van der Waals surface area (Å²) in [4.78, 5) is 11.4. The fourth-order valence-electron chi connectivity index (χ4n) is 1.85. The Hall–Kier alpha value is -1.53. The van der Waals surface area contributed by atoms with Gasteiger partial charge in [-0.3, -0.25) is 4.79 Å². The van der Waals surface area contributed by atoms with Crippen LogP contribution in [0.5, 0.6) is 0 Å². The molecule has 0 saturated heterocycles. The smallest absolute Gasteiger partial charge is 0.310 e. The number of hydrogen-bond acceptors (Lipinski definition) is 3. The molecule has 0 amide bonds. The van der Waals surface area contributed by atoms with Gasteiger partial charge in [-0.2, -0.15) is 5.26 Å². The number of benzene rings is 1. The average Bonchev–Trinajstić information content (AvgIpc) is 2.37. The summed E-state index contributed by atoms with van der Waals surface area (Å²) < 4.78 is 4.91. The molecule has 0 fully saturated rings. The summed E-state index contributed by atoms with van der Waals surface area (Å²) >= 11 is 5.84. The summed E-state index contributed by atoms with van der Waals surface area (Å²) in [5.41, 5.74) is 3.17. The molecule has 0 atom stereocenters. The molecular formula is C14H16ClNO2. The Bertz CT molecular complexity index is 452. The SMILES string of the molecule is CCOC(=O)Cc1cc(CC)c(C#N)c(CCl)c1. The molecule has 3 nitrogen and oxygen atoms in total. The van der Waals surface area contributed by atoms with E-state index in [1.54, 1.807) is 6.92 Å². The van der Waals surface area contributed by atoms with Gasteiger partial charge in [-0.15, -0.1) is 11.6 Å². The zero-order valence-corrected chi connectivity index (χ0v) is 11.4. The van der Waals surface area contributed by atoms with Crippen molar-refractivity contribution in [3.8, 4) is 6.07 Å². The highest BCUT2D eigenvalue weighted by Crippen LogP contribution is 2.20. The fraction of sp³-hybridized carbons (Fsp3) is 0.429. The number of carbonyl (C=O) groups excluding carboxylic acids is 1. The van der Waals surface area contributed by atoms with Crippen molar-refractivity contribution in [2.45, 2.75) is 32.6 Å². The number of halogens is 1. The Morgan fingerprint density at radius 2 is 2.06 bits per heavy atom. The fourth-order valence-corrected chi connectivity index (χ4v) is 2.06. The maximum Gasteiger partial charge on any atom is 0.310 e. The Kier molecular flexibility index (Phi) is 5.67. The lowest BCUT2D eigenvalue weighted by Crippen LogP contribution is -2.09. The Balaban J connectivity index is 3.08. The van der Waals surface area contributed by atoms with Gasteiger partial charge in [-0.05, 0) is 30.0 Å². The maximum absolute atomic E-state index is 11.4. The Labute approximate surface area is 112 Å². The van der Waals surface area contributed by atoms with Gasteiger partial charge in [0.1, 0.15) is 0 Å². The van der Waals surface area contributed by atoms with Crippen LogP contribution in [0, 0.1) is 11.3 Å². The first kappa shape index (κ1) is 14.5. The van der Waals surface area contributed by atoms with Crippen LogP contribution in [0.15, 0.2) is 12.1 Å². The molecule has 96 valence electrons. The van der Waals surface area contributed by atoms with E-state index >= 15 is 0 Å². The molecule has 1 aromatic carbocycles. The normalized spacial score (nSPS) is 9.89. The molecule has 0 aliphatic heterocycles. The van der Waals surface area contributed by atoms with Gasteiger partial charge in [-0.1, -0.05) is 19.1 Å². The van der Waals surface area contributed by atoms with Gasteiger partial charge in [-0.25, -0.2) is 0 Å². The highest BCUT2D eigenvalue weighted by Gasteiger charge is 2.11. The second-order valence-corrected chi connectivity index (χ2v) is 4.14. The van der Waals surface area contributed by atoms with Crippen molar-refractivity contribution in [1.29, 1.82) is 5.26 Å². The number of nitriles is 1. The molecule has 0 spiro atoms. The van der Waals surface area contributed by atoms with E-state index in [9.17, 15) is 4.79 Å². The first-order chi connectivity index (χ1) is 8.65. The van der Waals surface area contributed by atoms with E-state index in [0.717, 1.165) is 23.1 Å². The Morgan fingerprint density at radius 1 is 1.39 bits per heavy atom. The first-order valence-electron chi connectivity index (χ1n) is 5.92. The summed E-state index contributed by atoms with van der Waals surface area (Å²) in [6, 6.07) is 5.86. The summed E-state index contributed by atoms with van der Waals surface area (Å²) in [5, 5.41) is 9.12. The minimum atomic E-state index is -0.259. The molecule has 18 heavy (non-hydrogen) atoms. The van der Waals surface area contributed by atoms with Gasteiger partial charge >= 0.3 is 5.97 Å². The van der Waals surface area contributed by atoms with Crippen LogP contribution in [-0.2, 0) is 28.3 Å². The van der Waals surface area contributed by atoms with Crippen molar-refractivity contribution in [3.05, 3.63) is 34.4 Å². The number of nitrogens with zero attached hydrogens (tertiary/aromatic N) is 1. The van der Waals surface area contributed by atoms with Crippen LogP contribution in [0.25, 0.3) is 0 Å². The second-order valence-electron chi connectivity index (χ2n) is 3.87. The zero-order chi connectivity index (χ0) is 13.5. The number of aryl methyl sites for hydroxylation is 1. The number of rotatable bonds is 5. The van der Waals surface area contributed by atoms with Crippen molar-refractivity contribution in [2.75, 3.05) is 6.61 Å². The topological polar surface area (TPSA) is 50.1 Å². The van der Waals surface area contributed by atoms with Crippen molar-refractivity contribution >= 4 is 17.6 Å². The highest BCUT2D eigenvalue weighted by molar-refractivity contribution is 6.17. The van der Waals surface area contributed by atoms with Gasteiger partial charge < -0.3 is 4.74 Å². The van der Waals surface area contributed by atoms with E-state index in [1.165, 1.54) is 0 Å². The predicted molar refractivity (Wildman–Crippen MR) is 70.4 cm³/mol. The molecule has 0 bridgehead atoms. The molecule has 0 N–H and O–H groups in total. The number of hydrogen-bond donors (Lipinski definition) is 0. The van der Waals surface area contributed by atoms with Crippen molar-refractivity contribution in [3.63, 3.8) is 0 Å². The molecule has 0 aromatic heterocycles.